The zero-order chi connectivity index (χ0) is 21.4. The zero-order valence-corrected chi connectivity index (χ0v) is 17.5. The predicted molar refractivity (Wildman–Crippen MR) is 119 cm³/mol. The van der Waals surface area contributed by atoms with Crippen LogP contribution in [0, 0.1) is 0 Å². The third-order valence-electron chi connectivity index (χ3n) is 6.19. The number of rotatable bonds is 4. The molecular weight excluding hydrogens is 390 g/mol. The van der Waals surface area contributed by atoms with Crippen molar-refractivity contribution < 1.29 is 4.79 Å². The van der Waals surface area contributed by atoms with Crippen LogP contribution in [-0.2, 0) is 6.42 Å². The van der Waals surface area contributed by atoms with Crippen LogP contribution in [0.15, 0.2) is 53.3 Å². The Bertz CT molecular complexity index is 1300. The van der Waals surface area contributed by atoms with Crippen molar-refractivity contribution >= 4 is 22.6 Å². The first kappa shape index (κ1) is 19.5. The molecule has 0 unspecified atom stereocenters. The van der Waals surface area contributed by atoms with Crippen molar-refractivity contribution in [3.05, 3.63) is 75.8 Å². The van der Waals surface area contributed by atoms with Crippen molar-refractivity contribution in [2.45, 2.75) is 38.5 Å². The monoisotopic (exact) mass is 415 g/mol. The predicted octanol–water partition coefficient (Wildman–Crippen LogP) is 3.54. The lowest BCUT2D eigenvalue weighted by atomic mass is 9.89. The SMILES string of the molecule is CCCc1nnc2c(=O)[nH]c3cc(C(=O)N4CCC(c5ccccc5)CC4)ccc3n12. The number of hydrogen-bond donors (Lipinski definition) is 1. The normalized spacial score (nSPS) is 15.1. The molecule has 5 rings (SSSR count). The van der Waals surface area contributed by atoms with Gasteiger partial charge in [-0.15, -0.1) is 10.2 Å². The Hall–Kier alpha value is -3.48. The van der Waals surface area contributed by atoms with E-state index in [4.69, 9.17) is 0 Å². The van der Waals surface area contributed by atoms with E-state index >= 15 is 0 Å². The number of H-pyrrole nitrogens is 1. The van der Waals surface area contributed by atoms with Gasteiger partial charge in [0.2, 0.25) is 5.65 Å². The van der Waals surface area contributed by atoms with Crippen molar-refractivity contribution in [3.63, 3.8) is 0 Å². The van der Waals surface area contributed by atoms with Crippen LogP contribution in [0.5, 0.6) is 0 Å². The Labute approximate surface area is 179 Å². The van der Waals surface area contributed by atoms with Crippen LogP contribution in [0.3, 0.4) is 0 Å². The lowest BCUT2D eigenvalue weighted by Crippen LogP contribution is -2.37. The summed E-state index contributed by atoms with van der Waals surface area (Å²) >= 11 is 0. The quantitative estimate of drug-likeness (QED) is 0.553. The minimum absolute atomic E-state index is 0.00638. The summed E-state index contributed by atoms with van der Waals surface area (Å²) in [6.45, 7) is 3.53. The molecule has 1 saturated heterocycles. The molecule has 0 radical (unpaired) electrons. The molecule has 0 aliphatic carbocycles. The first-order valence-electron chi connectivity index (χ1n) is 10.9. The highest BCUT2D eigenvalue weighted by atomic mass is 16.2. The molecule has 1 aliphatic heterocycles. The van der Waals surface area contributed by atoms with Gasteiger partial charge in [0, 0.05) is 25.1 Å². The molecule has 158 valence electrons. The van der Waals surface area contributed by atoms with Gasteiger partial charge in [0.1, 0.15) is 5.82 Å². The number of carbonyl (C=O) groups is 1. The molecule has 0 bridgehead atoms. The molecule has 2 aromatic heterocycles. The summed E-state index contributed by atoms with van der Waals surface area (Å²) in [5, 5.41) is 8.22. The summed E-state index contributed by atoms with van der Waals surface area (Å²) < 4.78 is 1.80. The van der Waals surface area contributed by atoms with Gasteiger partial charge in [-0.25, -0.2) is 0 Å². The van der Waals surface area contributed by atoms with E-state index in [2.05, 4.69) is 46.4 Å². The molecule has 7 nitrogen and oxygen atoms in total. The molecule has 0 saturated carbocycles. The largest absolute Gasteiger partial charge is 0.339 e. The molecule has 3 heterocycles. The van der Waals surface area contributed by atoms with Crippen LogP contribution < -0.4 is 5.56 Å². The molecular formula is C24H25N5O2. The number of carbonyl (C=O) groups excluding carboxylic acids is 1. The van der Waals surface area contributed by atoms with E-state index in [1.54, 1.807) is 10.5 Å². The van der Waals surface area contributed by atoms with Gasteiger partial charge in [-0.05, 0) is 48.9 Å². The maximum atomic E-state index is 13.2. The maximum absolute atomic E-state index is 13.2. The van der Waals surface area contributed by atoms with Crippen molar-refractivity contribution in [1.82, 2.24) is 24.5 Å². The highest BCUT2D eigenvalue weighted by molar-refractivity contribution is 5.97. The van der Waals surface area contributed by atoms with Gasteiger partial charge >= 0.3 is 0 Å². The second kappa shape index (κ2) is 7.98. The Morgan fingerprint density at radius 3 is 2.61 bits per heavy atom. The van der Waals surface area contributed by atoms with Gasteiger partial charge in [-0.1, -0.05) is 37.3 Å². The summed E-state index contributed by atoms with van der Waals surface area (Å²) in [5.41, 5.74) is 3.36. The first-order valence-corrected chi connectivity index (χ1v) is 10.9. The van der Waals surface area contributed by atoms with Crippen molar-refractivity contribution in [2.75, 3.05) is 13.1 Å². The second-order valence-corrected chi connectivity index (χ2v) is 8.19. The molecule has 1 fully saturated rings. The Kier molecular flexibility index (Phi) is 5.02. The lowest BCUT2D eigenvalue weighted by Gasteiger charge is -2.32. The average molecular weight is 415 g/mol. The first-order chi connectivity index (χ1) is 15.2. The highest BCUT2D eigenvalue weighted by Gasteiger charge is 2.25. The van der Waals surface area contributed by atoms with E-state index in [0.29, 0.717) is 17.0 Å². The van der Waals surface area contributed by atoms with Gasteiger partial charge < -0.3 is 9.88 Å². The van der Waals surface area contributed by atoms with Crippen molar-refractivity contribution in [3.8, 4) is 0 Å². The van der Waals surface area contributed by atoms with Crippen molar-refractivity contribution in [2.24, 2.45) is 0 Å². The zero-order valence-electron chi connectivity index (χ0n) is 17.5. The Morgan fingerprint density at radius 1 is 1.10 bits per heavy atom. The number of amides is 1. The fourth-order valence-corrected chi connectivity index (χ4v) is 4.57. The maximum Gasteiger partial charge on any atom is 0.294 e. The smallest absolute Gasteiger partial charge is 0.294 e. The van der Waals surface area contributed by atoms with Crippen LogP contribution in [0.4, 0.5) is 0 Å². The van der Waals surface area contributed by atoms with Crippen LogP contribution in [0.25, 0.3) is 16.7 Å². The molecule has 7 heteroatoms. The van der Waals surface area contributed by atoms with E-state index in [1.165, 1.54) is 5.56 Å². The number of aryl methyl sites for hydroxylation is 1. The van der Waals surface area contributed by atoms with Gasteiger partial charge in [0.05, 0.1) is 11.0 Å². The summed E-state index contributed by atoms with van der Waals surface area (Å²) in [6, 6.07) is 16.0. The third kappa shape index (κ3) is 3.50. The number of piperidine rings is 1. The lowest BCUT2D eigenvalue weighted by molar-refractivity contribution is 0.0713. The van der Waals surface area contributed by atoms with Crippen LogP contribution in [0.1, 0.15) is 53.8 Å². The van der Waals surface area contributed by atoms with Crippen LogP contribution in [-0.4, -0.2) is 43.5 Å². The molecule has 2 aromatic carbocycles. The minimum atomic E-state index is -0.296. The number of likely N-dealkylation sites (tertiary alicyclic amines) is 1. The van der Waals surface area contributed by atoms with E-state index in [0.717, 1.165) is 50.1 Å². The second-order valence-electron chi connectivity index (χ2n) is 8.19. The number of aromatic nitrogens is 4. The van der Waals surface area contributed by atoms with E-state index in [9.17, 15) is 9.59 Å². The molecule has 1 aliphatic rings. The Morgan fingerprint density at radius 2 is 1.87 bits per heavy atom. The number of fused-ring (bicyclic) bond motifs is 3. The van der Waals surface area contributed by atoms with Gasteiger partial charge in [0.15, 0.2) is 0 Å². The summed E-state index contributed by atoms with van der Waals surface area (Å²) in [5.74, 6) is 1.26. The summed E-state index contributed by atoms with van der Waals surface area (Å²) in [6.07, 6.45) is 3.56. The van der Waals surface area contributed by atoms with Gasteiger partial charge in [-0.3, -0.25) is 14.0 Å². The van der Waals surface area contributed by atoms with E-state index in [1.807, 2.05) is 23.1 Å². The molecule has 4 aromatic rings. The van der Waals surface area contributed by atoms with E-state index < -0.39 is 0 Å². The highest BCUT2D eigenvalue weighted by Crippen LogP contribution is 2.28. The Balaban J connectivity index is 1.41. The van der Waals surface area contributed by atoms with Gasteiger partial charge in [0.25, 0.3) is 11.5 Å². The summed E-state index contributed by atoms with van der Waals surface area (Å²) in [4.78, 5) is 30.4. The minimum Gasteiger partial charge on any atom is -0.339 e. The fraction of sp³-hybridized carbons (Fsp3) is 0.333. The number of benzene rings is 2. The van der Waals surface area contributed by atoms with Crippen LogP contribution in [0.2, 0.25) is 0 Å². The third-order valence-corrected chi connectivity index (χ3v) is 6.19. The molecule has 1 amide bonds. The van der Waals surface area contributed by atoms with Crippen LogP contribution >= 0.6 is 0 Å². The average Bonchev–Trinajstić information content (AvgIpc) is 3.24. The van der Waals surface area contributed by atoms with Crippen molar-refractivity contribution in [1.29, 1.82) is 0 Å². The molecule has 1 N–H and O–H groups in total. The standard InChI is InChI=1S/C24H25N5O2/c1-2-6-21-26-27-22-23(30)25-19-15-18(9-10-20(19)29(21)22)24(31)28-13-11-17(12-14-28)16-7-4-3-5-8-16/h3-5,7-10,15,17H,2,6,11-14H2,1H3,(H,25,30). The molecule has 0 atom stereocenters. The fourth-order valence-electron chi connectivity index (χ4n) is 4.57. The molecule has 0 spiro atoms. The molecule has 31 heavy (non-hydrogen) atoms. The van der Waals surface area contributed by atoms with Gasteiger partial charge in [-0.2, -0.15) is 0 Å². The number of nitrogens with zero attached hydrogens (tertiary/aromatic N) is 4. The van der Waals surface area contributed by atoms with E-state index in [-0.39, 0.29) is 17.1 Å². The topological polar surface area (TPSA) is 83.4 Å². The summed E-state index contributed by atoms with van der Waals surface area (Å²) in [7, 11) is 0. The number of aromatic amines is 1. The number of nitrogens with one attached hydrogen (secondary N) is 1. The number of hydrogen-bond acceptors (Lipinski definition) is 4.